The largest absolute Gasteiger partial charge is 0.383 e. The van der Waals surface area contributed by atoms with Crippen molar-refractivity contribution < 1.29 is 9.53 Å². The Morgan fingerprint density at radius 3 is 2.68 bits per heavy atom. The van der Waals surface area contributed by atoms with Crippen molar-refractivity contribution in [3.8, 4) is 0 Å². The molecule has 19 heavy (non-hydrogen) atoms. The quantitative estimate of drug-likeness (QED) is 0.818. The summed E-state index contributed by atoms with van der Waals surface area (Å²) in [7, 11) is 1.63. The van der Waals surface area contributed by atoms with Gasteiger partial charge in [0.2, 0.25) is 0 Å². The van der Waals surface area contributed by atoms with Crippen LogP contribution >= 0.6 is 0 Å². The zero-order valence-corrected chi connectivity index (χ0v) is 11.9. The van der Waals surface area contributed by atoms with E-state index in [1.807, 2.05) is 4.90 Å². The third-order valence-electron chi connectivity index (χ3n) is 3.25. The number of nitrogens with two attached hydrogens (primary N) is 1. The number of pyridine rings is 1. The highest BCUT2D eigenvalue weighted by molar-refractivity contribution is 5.98. The Labute approximate surface area is 114 Å². The van der Waals surface area contributed by atoms with Gasteiger partial charge in [0.1, 0.15) is 5.82 Å². The van der Waals surface area contributed by atoms with Crippen LogP contribution in [0.3, 0.4) is 0 Å². The highest BCUT2D eigenvalue weighted by Gasteiger charge is 2.23. The monoisotopic (exact) mass is 265 g/mol. The first-order valence-corrected chi connectivity index (χ1v) is 6.66. The fourth-order valence-corrected chi connectivity index (χ4v) is 2.12. The van der Waals surface area contributed by atoms with Gasteiger partial charge in [0, 0.05) is 25.9 Å². The summed E-state index contributed by atoms with van der Waals surface area (Å²) in [5, 5.41) is 0. The molecule has 1 aromatic rings. The highest BCUT2D eigenvalue weighted by atomic mass is 16.5. The van der Waals surface area contributed by atoms with Gasteiger partial charge in [-0.2, -0.15) is 0 Å². The molecule has 0 aliphatic carbocycles. The lowest BCUT2D eigenvalue weighted by atomic mass is 10.1. The van der Waals surface area contributed by atoms with Gasteiger partial charge >= 0.3 is 0 Å². The average molecular weight is 265 g/mol. The van der Waals surface area contributed by atoms with Gasteiger partial charge in [-0.05, 0) is 25.0 Å². The van der Waals surface area contributed by atoms with Crippen LogP contribution in [-0.4, -0.2) is 42.1 Å². The molecule has 106 valence electrons. The minimum Gasteiger partial charge on any atom is -0.383 e. The van der Waals surface area contributed by atoms with Gasteiger partial charge in [0.15, 0.2) is 0 Å². The van der Waals surface area contributed by atoms with E-state index < -0.39 is 0 Å². The van der Waals surface area contributed by atoms with E-state index in [-0.39, 0.29) is 17.8 Å². The summed E-state index contributed by atoms with van der Waals surface area (Å²) in [6, 6.07) is 3.64. The van der Waals surface area contributed by atoms with Crippen LogP contribution in [0.15, 0.2) is 18.3 Å². The number of amides is 1. The van der Waals surface area contributed by atoms with Gasteiger partial charge in [-0.1, -0.05) is 13.8 Å². The number of hydrogen-bond donors (Lipinski definition) is 1. The molecule has 1 rings (SSSR count). The number of carbonyl (C=O) groups excluding carboxylic acids is 1. The Morgan fingerprint density at radius 2 is 2.16 bits per heavy atom. The van der Waals surface area contributed by atoms with Crippen molar-refractivity contribution in [2.24, 2.45) is 0 Å². The van der Waals surface area contributed by atoms with Crippen molar-refractivity contribution in [2.45, 2.75) is 32.7 Å². The number of ether oxygens (including phenoxy) is 1. The van der Waals surface area contributed by atoms with Crippen molar-refractivity contribution >= 4 is 11.7 Å². The van der Waals surface area contributed by atoms with Crippen LogP contribution in [0.25, 0.3) is 0 Å². The van der Waals surface area contributed by atoms with E-state index in [4.69, 9.17) is 10.5 Å². The molecule has 1 aromatic heterocycles. The molecule has 0 unspecified atom stereocenters. The van der Waals surface area contributed by atoms with Crippen LogP contribution in [0, 0.1) is 0 Å². The van der Waals surface area contributed by atoms with Gasteiger partial charge < -0.3 is 15.4 Å². The summed E-state index contributed by atoms with van der Waals surface area (Å²) in [6.07, 6.45) is 3.40. The molecule has 0 atom stereocenters. The van der Waals surface area contributed by atoms with Gasteiger partial charge in [-0.15, -0.1) is 0 Å². The molecule has 5 nitrogen and oxygen atoms in total. The van der Waals surface area contributed by atoms with E-state index in [0.717, 1.165) is 12.8 Å². The standard InChI is InChI=1S/C14H23N3O2/c1-4-11(5-2)17(9-10-19-3)14(18)12-7-6-8-16-13(12)15/h6-8,11H,4-5,9-10H2,1-3H3,(H2,15,16). The Morgan fingerprint density at radius 1 is 1.47 bits per heavy atom. The Kier molecular flexibility index (Phi) is 6.29. The maximum absolute atomic E-state index is 12.6. The number of rotatable bonds is 7. The fraction of sp³-hybridized carbons (Fsp3) is 0.571. The second-order valence-corrected chi connectivity index (χ2v) is 4.40. The van der Waals surface area contributed by atoms with Crippen LogP contribution in [0.5, 0.6) is 0 Å². The summed E-state index contributed by atoms with van der Waals surface area (Å²) >= 11 is 0. The second-order valence-electron chi connectivity index (χ2n) is 4.40. The Hall–Kier alpha value is -1.62. The highest BCUT2D eigenvalue weighted by Crippen LogP contribution is 2.16. The zero-order valence-electron chi connectivity index (χ0n) is 11.9. The topological polar surface area (TPSA) is 68.5 Å². The van der Waals surface area contributed by atoms with Gasteiger partial charge in [-0.25, -0.2) is 4.98 Å². The first-order chi connectivity index (χ1) is 9.15. The van der Waals surface area contributed by atoms with E-state index >= 15 is 0 Å². The van der Waals surface area contributed by atoms with Gasteiger partial charge in [-0.3, -0.25) is 4.79 Å². The molecule has 0 fully saturated rings. The third kappa shape index (κ3) is 3.92. The lowest BCUT2D eigenvalue weighted by Crippen LogP contribution is -2.42. The molecule has 0 saturated heterocycles. The first kappa shape index (κ1) is 15.4. The van der Waals surface area contributed by atoms with Crippen LogP contribution in [-0.2, 0) is 4.74 Å². The molecular formula is C14H23N3O2. The molecule has 0 aliphatic rings. The van der Waals surface area contributed by atoms with E-state index in [1.54, 1.807) is 25.4 Å². The molecule has 1 amide bonds. The molecule has 0 bridgehead atoms. The van der Waals surface area contributed by atoms with Crippen molar-refractivity contribution in [3.63, 3.8) is 0 Å². The summed E-state index contributed by atoms with van der Waals surface area (Å²) < 4.78 is 5.09. The van der Waals surface area contributed by atoms with Gasteiger partial charge in [0.05, 0.1) is 12.2 Å². The number of aromatic nitrogens is 1. The van der Waals surface area contributed by atoms with Crippen LogP contribution in [0.2, 0.25) is 0 Å². The van der Waals surface area contributed by atoms with Crippen LogP contribution in [0.4, 0.5) is 5.82 Å². The predicted molar refractivity (Wildman–Crippen MR) is 75.9 cm³/mol. The minimum absolute atomic E-state index is 0.0728. The van der Waals surface area contributed by atoms with Crippen molar-refractivity contribution in [3.05, 3.63) is 23.9 Å². The number of carbonyl (C=O) groups is 1. The Balaban J connectivity index is 2.96. The normalized spacial score (nSPS) is 10.7. The fourth-order valence-electron chi connectivity index (χ4n) is 2.12. The van der Waals surface area contributed by atoms with Crippen molar-refractivity contribution in [1.29, 1.82) is 0 Å². The molecule has 0 spiro atoms. The lowest BCUT2D eigenvalue weighted by molar-refractivity contribution is 0.0590. The molecule has 2 N–H and O–H groups in total. The molecular weight excluding hydrogens is 242 g/mol. The second kappa shape index (κ2) is 7.74. The lowest BCUT2D eigenvalue weighted by Gasteiger charge is -2.30. The van der Waals surface area contributed by atoms with Crippen molar-refractivity contribution in [2.75, 3.05) is 26.0 Å². The summed E-state index contributed by atoms with van der Waals surface area (Å²) in [5.41, 5.74) is 6.24. The number of anilines is 1. The smallest absolute Gasteiger partial charge is 0.257 e. The van der Waals surface area contributed by atoms with E-state index in [1.165, 1.54) is 0 Å². The molecule has 0 aliphatic heterocycles. The molecule has 5 heteroatoms. The van der Waals surface area contributed by atoms with E-state index in [9.17, 15) is 4.79 Å². The number of nitrogens with zero attached hydrogens (tertiary/aromatic N) is 2. The summed E-state index contributed by atoms with van der Waals surface area (Å²) in [4.78, 5) is 18.4. The maximum atomic E-state index is 12.6. The first-order valence-electron chi connectivity index (χ1n) is 6.66. The van der Waals surface area contributed by atoms with Crippen LogP contribution in [0.1, 0.15) is 37.0 Å². The predicted octanol–water partition coefficient (Wildman–Crippen LogP) is 1.94. The zero-order chi connectivity index (χ0) is 14.3. The molecule has 0 saturated carbocycles. The van der Waals surface area contributed by atoms with Crippen LogP contribution < -0.4 is 5.73 Å². The summed E-state index contributed by atoms with van der Waals surface area (Å²) in [5.74, 6) is 0.206. The van der Waals surface area contributed by atoms with Crippen molar-refractivity contribution in [1.82, 2.24) is 9.88 Å². The third-order valence-corrected chi connectivity index (χ3v) is 3.25. The number of hydrogen-bond acceptors (Lipinski definition) is 4. The molecule has 0 radical (unpaired) electrons. The Bertz CT molecular complexity index is 405. The average Bonchev–Trinajstić information content (AvgIpc) is 2.43. The van der Waals surface area contributed by atoms with E-state index in [0.29, 0.717) is 18.7 Å². The summed E-state index contributed by atoms with van der Waals surface area (Å²) in [6.45, 7) is 5.24. The maximum Gasteiger partial charge on any atom is 0.257 e. The molecule has 1 heterocycles. The number of nitrogen functional groups attached to an aromatic ring is 1. The molecule has 0 aromatic carbocycles. The minimum atomic E-state index is -0.0728. The van der Waals surface area contributed by atoms with E-state index in [2.05, 4.69) is 18.8 Å². The number of methoxy groups -OCH3 is 1. The SMILES string of the molecule is CCC(CC)N(CCOC)C(=O)c1cccnc1N. The van der Waals surface area contributed by atoms with Gasteiger partial charge in [0.25, 0.3) is 5.91 Å².